The summed E-state index contributed by atoms with van der Waals surface area (Å²) in [6.07, 6.45) is 1.18. The minimum atomic E-state index is -3.56. The van der Waals surface area contributed by atoms with Gasteiger partial charge in [-0.05, 0) is 6.07 Å². The van der Waals surface area contributed by atoms with Crippen LogP contribution in [0.4, 0.5) is 11.5 Å². The highest BCUT2D eigenvalue weighted by Crippen LogP contribution is 2.14. The number of nitrogens with zero attached hydrogens (tertiary/aromatic N) is 1. The highest BCUT2D eigenvalue weighted by atomic mass is 32.2. The van der Waals surface area contributed by atoms with Crippen molar-refractivity contribution in [2.75, 3.05) is 23.3 Å². The zero-order chi connectivity index (χ0) is 13.1. The summed E-state index contributed by atoms with van der Waals surface area (Å²) in [6, 6.07) is 1.22. The number of sulfonamides is 1. The first-order valence-electron chi connectivity index (χ1n) is 4.53. The van der Waals surface area contributed by atoms with E-state index in [2.05, 4.69) is 10.3 Å². The SMILES string of the molecule is Nc1cnc(NCCS(N)(=O)=O)cc1C(=O)O. The molecule has 0 saturated carbocycles. The number of aromatic carboxylic acids is 1. The Morgan fingerprint density at radius 2 is 2.18 bits per heavy atom. The number of primary sulfonamides is 1. The predicted octanol–water partition coefficient (Wildman–Crippen LogP) is -0.938. The lowest BCUT2D eigenvalue weighted by molar-refractivity contribution is 0.0698. The number of rotatable bonds is 5. The van der Waals surface area contributed by atoms with Gasteiger partial charge in [-0.15, -0.1) is 0 Å². The van der Waals surface area contributed by atoms with Crippen molar-refractivity contribution >= 4 is 27.5 Å². The van der Waals surface area contributed by atoms with Crippen LogP contribution in [-0.2, 0) is 10.0 Å². The number of hydrogen-bond acceptors (Lipinski definition) is 6. The number of nitrogens with one attached hydrogen (secondary N) is 1. The van der Waals surface area contributed by atoms with Crippen molar-refractivity contribution in [3.8, 4) is 0 Å². The molecule has 0 aromatic carbocycles. The third-order valence-corrected chi connectivity index (χ3v) is 2.63. The molecular weight excluding hydrogens is 248 g/mol. The number of aromatic nitrogens is 1. The second-order valence-corrected chi connectivity index (χ2v) is 4.99. The molecule has 0 atom stereocenters. The molecule has 0 spiro atoms. The van der Waals surface area contributed by atoms with Crippen molar-refractivity contribution in [2.24, 2.45) is 5.14 Å². The summed E-state index contributed by atoms with van der Waals surface area (Å²) in [7, 11) is -3.56. The minimum Gasteiger partial charge on any atom is -0.478 e. The van der Waals surface area contributed by atoms with E-state index in [4.69, 9.17) is 16.0 Å². The number of pyridine rings is 1. The van der Waals surface area contributed by atoms with Crippen molar-refractivity contribution < 1.29 is 18.3 Å². The third-order valence-electron chi connectivity index (χ3n) is 1.86. The molecule has 6 N–H and O–H groups in total. The molecule has 0 aliphatic carbocycles. The van der Waals surface area contributed by atoms with E-state index in [1.54, 1.807) is 0 Å². The number of carboxylic acids is 1. The maximum absolute atomic E-state index is 10.8. The Morgan fingerprint density at radius 3 is 2.71 bits per heavy atom. The van der Waals surface area contributed by atoms with Gasteiger partial charge in [0.1, 0.15) is 5.82 Å². The molecule has 1 rings (SSSR count). The Balaban J connectivity index is 2.73. The van der Waals surface area contributed by atoms with E-state index in [1.807, 2.05) is 0 Å². The Morgan fingerprint density at radius 1 is 1.53 bits per heavy atom. The topological polar surface area (TPSA) is 148 Å². The van der Waals surface area contributed by atoms with Crippen LogP contribution in [0.2, 0.25) is 0 Å². The van der Waals surface area contributed by atoms with Crippen molar-refractivity contribution in [1.29, 1.82) is 0 Å². The van der Waals surface area contributed by atoms with Crippen LogP contribution >= 0.6 is 0 Å². The molecular formula is C8H12N4O4S. The van der Waals surface area contributed by atoms with Gasteiger partial charge in [-0.25, -0.2) is 23.3 Å². The normalized spacial score (nSPS) is 11.1. The lowest BCUT2D eigenvalue weighted by Crippen LogP contribution is -2.22. The zero-order valence-electron chi connectivity index (χ0n) is 8.75. The first-order valence-corrected chi connectivity index (χ1v) is 6.24. The van der Waals surface area contributed by atoms with Crippen molar-refractivity contribution in [1.82, 2.24) is 4.98 Å². The molecule has 0 fully saturated rings. The van der Waals surface area contributed by atoms with E-state index in [1.165, 1.54) is 12.3 Å². The van der Waals surface area contributed by atoms with Crippen LogP contribution in [0.5, 0.6) is 0 Å². The van der Waals surface area contributed by atoms with Gasteiger partial charge in [0.2, 0.25) is 10.0 Å². The van der Waals surface area contributed by atoms with Gasteiger partial charge < -0.3 is 16.2 Å². The number of hydrogen-bond donors (Lipinski definition) is 4. The molecule has 17 heavy (non-hydrogen) atoms. The van der Waals surface area contributed by atoms with E-state index in [0.29, 0.717) is 0 Å². The zero-order valence-corrected chi connectivity index (χ0v) is 9.57. The first-order chi connectivity index (χ1) is 7.79. The fraction of sp³-hybridized carbons (Fsp3) is 0.250. The maximum Gasteiger partial charge on any atom is 0.337 e. The van der Waals surface area contributed by atoms with E-state index in [-0.39, 0.29) is 29.4 Å². The van der Waals surface area contributed by atoms with Crippen molar-refractivity contribution in [3.63, 3.8) is 0 Å². The fourth-order valence-corrected chi connectivity index (χ4v) is 1.46. The van der Waals surface area contributed by atoms with Crippen LogP contribution in [-0.4, -0.2) is 36.8 Å². The van der Waals surface area contributed by atoms with E-state index >= 15 is 0 Å². The maximum atomic E-state index is 10.8. The highest BCUT2D eigenvalue weighted by Gasteiger charge is 2.10. The van der Waals surface area contributed by atoms with E-state index in [0.717, 1.165) is 0 Å². The van der Waals surface area contributed by atoms with Crippen molar-refractivity contribution in [2.45, 2.75) is 0 Å². The van der Waals surface area contributed by atoms with Gasteiger partial charge >= 0.3 is 5.97 Å². The number of nitrogen functional groups attached to an aromatic ring is 1. The van der Waals surface area contributed by atoms with Gasteiger partial charge in [-0.1, -0.05) is 0 Å². The highest BCUT2D eigenvalue weighted by molar-refractivity contribution is 7.89. The molecule has 0 radical (unpaired) electrons. The van der Waals surface area contributed by atoms with Crippen LogP contribution in [0.1, 0.15) is 10.4 Å². The van der Waals surface area contributed by atoms with E-state index in [9.17, 15) is 13.2 Å². The summed E-state index contributed by atoms with van der Waals surface area (Å²) in [6.45, 7) is 0.0365. The van der Waals surface area contributed by atoms with Gasteiger partial charge in [-0.2, -0.15) is 0 Å². The molecule has 0 aliphatic rings. The van der Waals surface area contributed by atoms with Crippen LogP contribution in [0.15, 0.2) is 12.3 Å². The summed E-state index contributed by atoms with van der Waals surface area (Å²) < 4.78 is 21.3. The van der Waals surface area contributed by atoms with Crippen LogP contribution in [0, 0.1) is 0 Å². The Bertz CT molecular complexity index is 528. The molecule has 0 bridgehead atoms. The summed E-state index contributed by atoms with van der Waals surface area (Å²) in [5.74, 6) is -1.23. The molecule has 0 amide bonds. The molecule has 9 heteroatoms. The third kappa shape index (κ3) is 4.25. The van der Waals surface area contributed by atoms with Gasteiger partial charge in [0, 0.05) is 6.54 Å². The molecule has 8 nitrogen and oxygen atoms in total. The summed E-state index contributed by atoms with van der Waals surface area (Å²) in [5, 5.41) is 16.2. The van der Waals surface area contributed by atoms with Gasteiger partial charge in [0.15, 0.2) is 0 Å². The van der Waals surface area contributed by atoms with Crippen molar-refractivity contribution in [3.05, 3.63) is 17.8 Å². The average molecular weight is 260 g/mol. The van der Waals surface area contributed by atoms with Gasteiger partial charge in [0.05, 0.1) is 23.2 Å². The number of carboxylic acid groups (broad SMARTS) is 1. The molecule has 1 aromatic rings. The monoisotopic (exact) mass is 260 g/mol. The number of nitrogens with two attached hydrogens (primary N) is 2. The van der Waals surface area contributed by atoms with Crippen LogP contribution < -0.4 is 16.2 Å². The Kier molecular flexibility index (Phi) is 3.86. The number of carbonyl (C=O) groups is 1. The summed E-state index contributed by atoms with van der Waals surface area (Å²) in [4.78, 5) is 14.6. The molecule has 0 saturated heterocycles. The standard InChI is InChI=1S/C8H12N4O4S/c9-6-4-12-7(3-5(6)8(13)14)11-1-2-17(10,15)16/h3-4H,1-2,9H2,(H,11,12)(H,13,14)(H2,10,15,16). The summed E-state index contributed by atoms with van der Waals surface area (Å²) >= 11 is 0. The average Bonchev–Trinajstić information content (AvgIpc) is 2.18. The first kappa shape index (κ1) is 13.2. The lowest BCUT2D eigenvalue weighted by atomic mass is 10.2. The van der Waals surface area contributed by atoms with Crippen LogP contribution in [0.3, 0.4) is 0 Å². The fourth-order valence-electron chi connectivity index (χ4n) is 1.07. The predicted molar refractivity (Wildman–Crippen MR) is 62.1 cm³/mol. The molecule has 0 unspecified atom stereocenters. The number of anilines is 2. The second kappa shape index (κ2) is 4.97. The van der Waals surface area contributed by atoms with E-state index < -0.39 is 16.0 Å². The van der Waals surface area contributed by atoms with Gasteiger partial charge in [0.25, 0.3) is 0 Å². The molecule has 1 heterocycles. The lowest BCUT2D eigenvalue weighted by Gasteiger charge is -2.06. The Labute approximate surface area is 97.7 Å². The smallest absolute Gasteiger partial charge is 0.337 e. The molecule has 0 aliphatic heterocycles. The molecule has 1 aromatic heterocycles. The Hall–Kier alpha value is -1.87. The second-order valence-electron chi connectivity index (χ2n) is 3.26. The largest absolute Gasteiger partial charge is 0.478 e. The quantitative estimate of drug-likeness (QED) is 0.534. The molecule has 94 valence electrons. The van der Waals surface area contributed by atoms with Gasteiger partial charge in [-0.3, -0.25) is 0 Å². The summed E-state index contributed by atoms with van der Waals surface area (Å²) in [5.41, 5.74) is 5.34. The van der Waals surface area contributed by atoms with Crippen LogP contribution in [0.25, 0.3) is 0 Å². The minimum absolute atomic E-state index is 0.0365.